The van der Waals surface area contributed by atoms with Crippen molar-refractivity contribution in [2.24, 2.45) is 0 Å². The van der Waals surface area contributed by atoms with Gasteiger partial charge in [0.1, 0.15) is 6.61 Å². The van der Waals surface area contributed by atoms with E-state index >= 15 is 0 Å². The second-order valence-corrected chi connectivity index (χ2v) is 5.18. The quantitative estimate of drug-likeness (QED) is 0.746. The van der Waals surface area contributed by atoms with E-state index in [0.29, 0.717) is 6.54 Å². The number of aliphatic hydroxyl groups is 1. The van der Waals surface area contributed by atoms with Crippen molar-refractivity contribution in [3.8, 4) is 0 Å². The molecule has 1 N–H and O–H groups in total. The van der Waals surface area contributed by atoms with Crippen LogP contribution in [0.5, 0.6) is 0 Å². The van der Waals surface area contributed by atoms with Crippen molar-refractivity contribution in [2.45, 2.75) is 26.2 Å². The van der Waals surface area contributed by atoms with E-state index in [-0.39, 0.29) is 29.0 Å². The SMILES string of the molecule is CC1=[N+](CCO)c2ccc(Cl)cc2C1(C)C.[Br-]. The third kappa shape index (κ3) is 2.28. The fraction of sp³-hybridized carbons (Fsp3) is 0.462. The molecule has 94 valence electrons. The van der Waals surface area contributed by atoms with Crippen LogP contribution in [0.25, 0.3) is 0 Å². The minimum absolute atomic E-state index is 0. The van der Waals surface area contributed by atoms with E-state index in [1.165, 1.54) is 17.0 Å². The van der Waals surface area contributed by atoms with Gasteiger partial charge in [0.05, 0.1) is 5.41 Å². The molecule has 17 heavy (non-hydrogen) atoms. The van der Waals surface area contributed by atoms with E-state index in [0.717, 1.165) is 5.02 Å². The molecule has 0 saturated carbocycles. The molecule has 1 heterocycles. The Morgan fingerprint density at radius 2 is 2.00 bits per heavy atom. The molecule has 0 radical (unpaired) electrons. The van der Waals surface area contributed by atoms with Crippen LogP contribution in [0.4, 0.5) is 5.69 Å². The van der Waals surface area contributed by atoms with Crippen LogP contribution in [0.3, 0.4) is 0 Å². The second-order valence-electron chi connectivity index (χ2n) is 4.75. The van der Waals surface area contributed by atoms with Crippen LogP contribution in [0, 0.1) is 0 Å². The summed E-state index contributed by atoms with van der Waals surface area (Å²) in [7, 11) is 0. The zero-order valence-corrected chi connectivity index (χ0v) is 12.6. The number of fused-ring (bicyclic) bond motifs is 1. The van der Waals surface area contributed by atoms with Gasteiger partial charge in [0.25, 0.3) is 0 Å². The molecule has 0 unspecified atom stereocenters. The fourth-order valence-corrected chi connectivity index (χ4v) is 2.52. The molecule has 2 rings (SSSR count). The number of β-amino-alcohol motifs (C(OH)–C–C–N with tert-alkyl or cyclic N) is 1. The Morgan fingerprint density at radius 1 is 1.35 bits per heavy atom. The smallest absolute Gasteiger partial charge is 0.209 e. The number of nitrogens with zero attached hydrogens (tertiary/aromatic N) is 1. The number of hydrogen-bond acceptors (Lipinski definition) is 1. The summed E-state index contributed by atoms with van der Waals surface area (Å²) < 4.78 is 2.17. The van der Waals surface area contributed by atoms with Gasteiger partial charge in [-0.05, 0) is 26.0 Å². The monoisotopic (exact) mass is 317 g/mol. The van der Waals surface area contributed by atoms with Gasteiger partial charge in [-0.3, -0.25) is 0 Å². The Bertz CT molecular complexity index is 468. The molecule has 0 aliphatic carbocycles. The normalized spacial score (nSPS) is 16.8. The first kappa shape index (κ1) is 14.7. The molecule has 1 aliphatic heterocycles. The number of rotatable bonds is 2. The summed E-state index contributed by atoms with van der Waals surface area (Å²) in [6.07, 6.45) is 0. The van der Waals surface area contributed by atoms with Crippen molar-refractivity contribution in [1.82, 2.24) is 0 Å². The van der Waals surface area contributed by atoms with Crippen LogP contribution in [0.2, 0.25) is 5.02 Å². The molecule has 2 nitrogen and oxygen atoms in total. The standard InChI is InChI=1S/C13H17ClNO.BrH/c1-9-13(2,3)11-8-10(14)4-5-12(11)15(9)6-7-16;/h4-5,8,16H,6-7H2,1-3H3;1H/q+1;/p-1. The zero-order valence-electron chi connectivity index (χ0n) is 10.3. The molecule has 1 aliphatic rings. The van der Waals surface area contributed by atoms with Crippen molar-refractivity contribution in [3.05, 3.63) is 28.8 Å². The average Bonchev–Trinajstić information content (AvgIpc) is 2.41. The molecule has 0 fully saturated rings. The van der Waals surface area contributed by atoms with Crippen molar-refractivity contribution in [1.29, 1.82) is 0 Å². The van der Waals surface area contributed by atoms with Gasteiger partial charge in [0, 0.05) is 23.6 Å². The molecule has 0 bridgehead atoms. The maximum absolute atomic E-state index is 9.11. The zero-order chi connectivity index (χ0) is 11.9. The van der Waals surface area contributed by atoms with Crippen LogP contribution >= 0.6 is 11.6 Å². The fourth-order valence-electron chi connectivity index (χ4n) is 2.35. The summed E-state index contributed by atoms with van der Waals surface area (Å²) in [5.41, 5.74) is 3.67. The predicted molar refractivity (Wildman–Crippen MR) is 67.0 cm³/mol. The molecule has 4 heteroatoms. The molecule has 0 atom stereocenters. The summed E-state index contributed by atoms with van der Waals surface area (Å²) in [5, 5.41) is 9.88. The van der Waals surface area contributed by atoms with Crippen LogP contribution in [0.15, 0.2) is 18.2 Å². The maximum atomic E-state index is 9.11. The van der Waals surface area contributed by atoms with Gasteiger partial charge in [-0.15, -0.1) is 0 Å². The summed E-state index contributed by atoms with van der Waals surface area (Å²) in [6.45, 7) is 7.30. The van der Waals surface area contributed by atoms with E-state index in [2.05, 4.69) is 25.3 Å². The second kappa shape index (κ2) is 5.09. The third-order valence-electron chi connectivity index (χ3n) is 3.56. The van der Waals surface area contributed by atoms with Crippen LogP contribution < -0.4 is 17.0 Å². The summed E-state index contributed by atoms with van der Waals surface area (Å²) >= 11 is 6.05. The average molecular weight is 319 g/mol. The van der Waals surface area contributed by atoms with Gasteiger partial charge >= 0.3 is 0 Å². The molecular formula is C13H17BrClNO. The highest BCUT2D eigenvalue weighted by Crippen LogP contribution is 2.40. The van der Waals surface area contributed by atoms with E-state index in [4.69, 9.17) is 16.7 Å². The number of halogens is 2. The largest absolute Gasteiger partial charge is 1.00 e. The highest BCUT2D eigenvalue weighted by Gasteiger charge is 2.42. The Morgan fingerprint density at radius 3 is 2.59 bits per heavy atom. The molecule has 0 saturated heterocycles. The lowest BCUT2D eigenvalue weighted by atomic mass is 9.82. The van der Waals surface area contributed by atoms with E-state index in [1.54, 1.807) is 0 Å². The Hall–Kier alpha value is -0.380. The van der Waals surface area contributed by atoms with Gasteiger partial charge in [0.15, 0.2) is 12.3 Å². The molecular weight excluding hydrogens is 302 g/mol. The first-order valence-electron chi connectivity index (χ1n) is 5.51. The number of aliphatic hydroxyl groups excluding tert-OH is 1. The lowest BCUT2D eigenvalue weighted by Gasteiger charge is -2.14. The Kier molecular flexibility index (Phi) is 4.39. The number of benzene rings is 1. The predicted octanol–water partition coefficient (Wildman–Crippen LogP) is -0.268. The van der Waals surface area contributed by atoms with Crippen molar-refractivity contribution >= 4 is 23.0 Å². The Balaban J connectivity index is 0.00000144. The molecule has 1 aromatic carbocycles. The molecule has 0 aromatic heterocycles. The highest BCUT2D eigenvalue weighted by molar-refractivity contribution is 6.30. The molecule has 0 spiro atoms. The van der Waals surface area contributed by atoms with Crippen molar-refractivity contribution in [2.75, 3.05) is 13.2 Å². The third-order valence-corrected chi connectivity index (χ3v) is 3.79. The van der Waals surface area contributed by atoms with Crippen LogP contribution in [-0.2, 0) is 5.41 Å². The van der Waals surface area contributed by atoms with Crippen LogP contribution in [0.1, 0.15) is 26.3 Å². The van der Waals surface area contributed by atoms with E-state index < -0.39 is 0 Å². The topological polar surface area (TPSA) is 23.2 Å². The Labute approximate surface area is 118 Å². The first-order chi connectivity index (χ1) is 7.48. The van der Waals surface area contributed by atoms with Gasteiger partial charge in [0.2, 0.25) is 5.69 Å². The summed E-state index contributed by atoms with van der Waals surface area (Å²) in [5.74, 6) is 0. The first-order valence-corrected chi connectivity index (χ1v) is 5.88. The van der Waals surface area contributed by atoms with Gasteiger partial charge in [-0.25, -0.2) is 0 Å². The van der Waals surface area contributed by atoms with Crippen molar-refractivity contribution in [3.63, 3.8) is 0 Å². The van der Waals surface area contributed by atoms with Gasteiger partial charge in [-0.2, -0.15) is 4.58 Å². The van der Waals surface area contributed by atoms with E-state index in [1.807, 2.05) is 18.2 Å². The van der Waals surface area contributed by atoms with Gasteiger partial charge in [-0.1, -0.05) is 11.6 Å². The van der Waals surface area contributed by atoms with Gasteiger partial charge < -0.3 is 22.1 Å². The number of hydrogen-bond donors (Lipinski definition) is 1. The minimum Gasteiger partial charge on any atom is -1.00 e. The lowest BCUT2D eigenvalue weighted by Crippen LogP contribution is -3.00. The molecule has 0 amide bonds. The molecule has 1 aromatic rings. The van der Waals surface area contributed by atoms with E-state index in [9.17, 15) is 0 Å². The van der Waals surface area contributed by atoms with Crippen LogP contribution in [-0.4, -0.2) is 28.5 Å². The summed E-state index contributed by atoms with van der Waals surface area (Å²) in [6, 6.07) is 5.96. The lowest BCUT2D eigenvalue weighted by molar-refractivity contribution is -0.442. The minimum atomic E-state index is -0.00456. The highest BCUT2D eigenvalue weighted by atomic mass is 79.9. The summed E-state index contributed by atoms with van der Waals surface area (Å²) in [4.78, 5) is 0. The maximum Gasteiger partial charge on any atom is 0.209 e. The van der Waals surface area contributed by atoms with Crippen molar-refractivity contribution < 1.29 is 26.7 Å².